The number of nitrogens with one attached hydrogen (secondary N) is 2. The fourth-order valence-electron chi connectivity index (χ4n) is 6.52. The summed E-state index contributed by atoms with van der Waals surface area (Å²) in [6, 6.07) is 15.3. The molecule has 0 saturated heterocycles. The van der Waals surface area contributed by atoms with Gasteiger partial charge in [-0.3, -0.25) is 9.59 Å². The second-order valence-electron chi connectivity index (χ2n) is 13.3. The van der Waals surface area contributed by atoms with Crippen molar-refractivity contribution in [2.75, 3.05) is 30.1 Å². The molecule has 0 aromatic heterocycles. The second-order valence-corrected chi connectivity index (χ2v) is 16.1. The highest BCUT2D eigenvalue weighted by atomic mass is 32.2. The van der Waals surface area contributed by atoms with Crippen molar-refractivity contribution in [1.82, 2.24) is 10.6 Å². The van der Waals surface area contributed by atoms with E-state index in [1.807, 2.05) is 36.6 Å². The molecule has 2 amide bonds. The summed E-state index contributed by atoms with van der Waals surface area (Å²) >= 11 is 1.34. The Morgan fingerprint density at radius 1 is 0.981 bits per heavy atom. The number of rotatable bonds is 17. The number of aliphatic carboxylic acids is 1. The first-order valence-electron chi connectivity index (χ1n) is 17.4. The van der Waals surface area contributed by atoms with Crippen molar-refractivity contribution in [3.8, 4) is 11.5 Å². The molecular weight excluding hydrogens is 707 g/mol. The number of phenols is 1. The summed E-state index contributed by atoms with van der Waals surface area (Å²) in [5, 5.41) is 33.9. The molecule has 4 rings (SSSR count). The fraction of sp³-hybridized carbons (Fsp3) is 0.447. The summed E-state index contributed by atoms with van der Waals surface area (Å²) in [6.07, 6.45) is 5.60. The van der Waals surface area contributed by atoms with E-state index in [2.05, 4.69) is 29.4 Å². The number of phenolic OH excluding ortho intramolecular Hbond substituents is 1. The summed E-state index contributed by atoms with van der Waals surface area (Å²) in [4.78, 5) is 41.1. The van der Waals surface area contributed by atoms with E-state index < -0.39 is 57.8 Å². The summed E-state index contributed by atoms with van der Waals surface area (Å²) in [5.41, 5.74) is 1.15. The fourth-order valence-corrected chi connectivity index (χ4v) is 9.18. The van der Waals surface area contributed by atoms with Gasteiger partial charge in [-0.15, -0.1) is 11.8 Å². The molecule has 12 nitrogen and oxygen atoms in total. The SMILES string of the molecule is CCCCC1(CCCC)CN(c2ccccc2)c2cc(SC)c(OCC(=O)NC(C(=O)N[C@@H](C(=O)O)[C@@H](C)O)c3ccc(O)cc3)cc2S(=O)(=O)C1. The predicted octanol–water partition coefficient (Wildman–Crippen LogP) is 5.59. The number of aromatic hydroxyl groups is 1. The van der Waals surface area contributed by atoms with Crippen LogP contribution in [0.1, 0.15) is 70.9 Å². The van der Waals surface area contributed by atoms with Gasteiger partial charge in [0.05, 0.1) is 27.3 Å². The molecule has 0 aliphatic carbocycles. The highest BCUT2D eigenvalue weighted by molar-refractivity contribution is 7.98. The van der Waals surface area contributed by atoms with Gasteiger partial charge in [0.25, 0.3) is 5.91 Å². The molecular formula is C38H49N3O9S2. The average molecular weight is 756 g/mol. The molecule has 1 unspecified atom stereocenters. The van der Waals surface area contributed by atoms with E-state index in [0.29, 0.717) is 17.1 Å². The van der Waals surface area contributed by atoms with Crippen LogP contribution < -0.4 is 20.3 Å². The lowest BCUT2D eigenvalue weighted by atomic mass is 9.79. The molecule has 0 bridgehead atoms. The zero-order valence-electron chi connectivity index (χ0n) is 30.0. The number of carboxylic acid groups (broad SMARTS) is 1. The van der Waals surface area contributed by atoms with Crippen LogP contribution >= 0.6 is 11.8 Å². The van der Waals surface area contributed by atoms with Crippen molar-refractivity contribution >= 4 is 50.8 Å². The summed E-state index contributed by atoms with van der Waals surface area (Å²) in [7, 11) is -3.84. The summed E-state index contributed by atoms with van der Waals surface area (Å²) < 4.78 is 34.8. The molecule has 0 spiro atoms. The minimum atomic E-state index is -3.84. The first kappa shape index (κ1) is 40.5. The van der Waals surface area contributed by atoms with Gasteiger partial charge in [0.15, 0.2) is 22.5 Å². The largest absolute Gasteiger partial charge is 0.508 e. The molecule has 3 aromatic rings. The quantitative estimate of drug-likeness (QED) is 0.108. The number of amides is 2. The molecule has 14 heteroatoms. The zero-order valence-corrected chi connectivity index (χ0v) is 31.6. The molecule has 1 heterocycles. The number of ether oxygens (including phenoxy) is 1. The van der Waals surface area contributed by atoms with Gasteiger partial charge in [-0.1, -0.05) is 69.9 Å². The normalized spacial score (nSPS) is 16.4. The van der Waals surface area contributed by atoms with Gasteiger partial charge >= 0.3 is 5.97 Å². The van der Waals surface area contributed by atoms with E-state index in [4.69, 9.17) is 4.74 Å². The van der Waals surface area contributed by atoms with Gasteiger partial charge in [0, 0.05) is 23.7 Å². The molecule has 0 radical (unpaired) electrons. The van der Waals surface area contributed by atoms with Crippen molar-refractivity contribution in [2.24, 2.45) is 5.41 Å². The van der Waals surface area contributed by atoms with E-state index in [-0.39, 0.29) is 27.7 Å². The molecule has 0 saturated carbocycles. The first-order valence-corrected chi connectivity index (χ1v) is 20.3. The van der Waals surface area contributed by atoms with E-state index in [9.17, 15) is 38.1 Å². The number of hydrogen-bond acceptors (Lipinski definition) is 10. The number of aliphatic hydroxyl groups excluding tert-OH is 1. The van der Waals surface area contributed by atoms with Crippen molar-refractivity contribution in [2.45, 2.75) is 87.3 Å². The molecule has 3 atom stereocenters. The first-order chi connectivity index (χ1) is 24.7. The van der Waals surface area contributed by atoms with E-state index in [0.717, 1.165) is 44.2 Å². The lowest BCUT2D eigenvalue weighted by Gasteiger charge is -2.37. The Bertz CT molecular complexity index is 1790. The zero-order chi connectivity index (χ0) is 38.1. The van der Waals surface area contributed by atoms with Gasteiger partial charge in [0.2, 0.25) is 5.91 Å². The number of benzene rings is 3. The minimum Gasteiger partial charge on any atom is -0.508 e. The number of unbranched alkanes of at least 4 members (excludes halogenated alkanes) is 2. The Morgan fingerprint density at radius 2 is 1.62 bits per heavy atom. The molecule has 5 N–H and O–H groups in total. The number of nitrogens with zero attached hydrogens (tertiary/aromatic N) is 1. The molecule has 1 aliphatic heterocycles. The van der Waals surface area contributed by atoms with Crippen LogP contribution in [0.4, 0.5) is 11.4 Å². The van der Waals surface area contributed by atoms with E-state index in [1.165, 1.54) is 49.0 Å². The number of carbonyl (C=O) groups is 3. The number of para-hydroxylation sites is 1. The van der Waals surface area contributed by atoms with Crippen LogP contribution in [0, 0.1) is 5.41 Å². The number of carbonyl (C=O) groups excluding carboxylic acids is 2. The van der Waals surface area contributed by atoms with Crippen molar-refractivity contribution in [1.29, 1.82) is 0 Å². The van der Waals surface area contributed by atoms with Crippen molar-refractivity contribution in [3.63, 3.8) is 0 Å². The smallest absolute Gasteiger partial charge is 0.328 e. The average Bonchev–Trinajstić information content (AvgIpc) is 3.21. The predicted molar refractivity (Wildman–Crippen MR) is 201 cm³/mol. The Hall–Kier alpha value is -4.27. The maximum atomic E-state index is 14.4. The van der Waals surface area contributed by atoms with E-state index >= 15 is 0 Å². The monoisotopic (exact) mass is 755 g/mol. The molecule has 52 heavy (non-hydrogen) atoms. The Kier molecular flexibility index (Phi) is 14.0. The van der Waals surface area contributed by atoms with Gasteiger partial charge in [-0.05, 0) is 61.9 Å². The minimum absolute atomic E-state index is 0.0257. The lowest BCUT2D eigenvalue weighted by Crippen LogP contribution is -2.52. The Balaban J connectivity index is 1.69. The number of hydrogen-bond donors (Lipinski definition) is 5. The lowest BCUT2D eigenvalue weighted by molar-refractivity contribution is -0.145. The summed E-state index contributed by atoms with van der Waals surface area (Å²) in [5.74, 6) is -3.08. The number of thioether (sulfide) groups is 1. The topological polar surface area (TPSA) is 183 Å². The Labute approximate surface area is 309 Å². The van der Waals surface area contributed by atoms with Crippen LogP contribution in [-0.4, -0.2) is 78.8 Å². The van der Waals surface area contributed by atoms with Gasteiger partial charge < -0.3 is 35.6 Å². The number of anilines is 2. The van der Waals surface area contributed by atoms with Crippen LogP contribution in [0.5, 0.6) is 11.5 Å². The van der Waals surface area contributed by atoms with Crippen LogP contribution in [0.25, 0.3) is 0 Å². The van der Waals surface area contributed by atoms with Crippen LogP contribution in [-0.2, 0) is 24.2 Å². The molecule has 1 aliphatic rings. The number of sulfone groups is 1. The third kappa shape index (κ3) is 9.98. The summed E-state index contributed by atoms with van der Waals surface area (Å²) in [6.45, 7) is 5.34. The number of aliphatic hydroxyl groups is 1. The highest BCUT2D eigenvalue weighted by Gasteiger charge is 2.42. The third-order valence-electron chi connectivity index (χ3n) is 9.25. The van der Waals surface area contributed by atoms with E-state index in [1.54, 1.807) is 6.07 Å². The van der Waals surface area contributed by atoms with Crippen LogP contribution in [0.2, 0.25) is 0 Å². The highest BCUT2D eigenvalue weighted by Crippen LogP contribution is 2.47. The Morgan fingerprint density at radius 3 is 2.17 bits per heavy atom. The number of carboxylic acids is 1. The molecule has 282 valence electrons. The van der Waals surface area contributed by atoms with Gasteiger partial charge in [-0.2, -0.15) is 0 Å². The maximum absolute atomic E-state index is 14.4. The van der Waals surface area contributed by atoms with Crippen molar-refractivity contribution in [3.05, 3.63) is 72.3 Å². The second kappa shape index (κ2) is 18.0. The van der Waals surface area contributed by atoms with Gasteiger partial charge in [-0.25, -0.2) is 13.2 Å². The van der Waals surface area contributed by atoms with Crippen molar-refractivity contribution < 1.29 is 42.9 Å². The maximum Gasteiger partial charge on any atom is 0.328 e. The van der Waals surface area contributed by atoms with Crippen LogP contribution in [0.15, 0.2) is 76.5 Å². The van der Waals surface area contributed by atoms with Crippen LogP contribution in [0.3, 0.4) is 0 Å². The molecule has 3 aromatic carbocycles. The molecule has 0 fully saturated rings. The third-order valence-corrected chi connectivity index (χ3v) is 12.0. The standard InChI is InChI=1S/C38H49N3O9S2/c1-5-7-18-38(19-8-6-2)23-41(27-12-10-9-11-13-27)29-20-31(51-4)30(21-32(29)52(48,49)24-38)50-22-33(44)39-35(26-14-16-28(43)17-15-26)36(45)40-34(25(3)42)37(46)47/h9-17,20-21,25,34-35,42-43H,5-8,18-19,22-24H2,1-4H3,(H,39,44)(H,40,45)(H,46,47)/t25-,34-,35?/m1/s1. The van der Waals surface area contributed by atoms with Gasteiger partial charge in [0.1, 0.15) is 17.5 Å². The number of fused-ring (bicyclic) bond motifs is 1.